The molecule has 1 saturated carbocycles. The van der Waals surface area contributed by atoms with Gasteiger partial charge in [0, 0.05) is 36.4 Å². The Kier molecular flexibility index (Phi) is 4.79. The maximum atomic E-state index is 12.7. The smallest absolute Gasteiger partial charge is 0.241 e. The van der Waals surface area contributed by atoms with Crippen LogP contribution in [0.2, 0.25) is 0 Å². The lowest BCUT2D eigenvalue weighted by Crippen LogP contribution is -2.82. The Morgan fingerprint density at radius 3 is 2.57 bits per heavy atom. The Labute approximate surface area is 138 Å². The van der Waals surface area contributed by atoms with Crippen molar-refractivity contribution >= 4 is 11.8 Å². The molecule has 1 aliphatic carbocycles. The van der Waals surface area contributed by atoms with Gasteiger partial charge in [-0.3, -0.25) is 9.59 Å². The Hall–Kier alpha value is -1.14. The van der Waals surface area contributed by atoms with Crippen molar-refractivity contribution in [1.82, 2.24) is 10.6 Å². The molecule has 0 aromatic heterocycles. The molecule has 23 heavy (non-hydrogen) atoms. The van der Waals surface area contributed by atoms with Crippen molar-refractivity contribution in [2.45, 2.75) is 71.1 Å². The fraction of sp³-hybridized carbons (Fsp3) is 0.882. The third kappa shape index (κ3) is 3.24. The maximum Gasteiger partial charge on any atom is 0.241 e. The van der Waals surface area contributed by atoms with Gasteiger partial charge in [-0.05, 0) is 33.6 Å². The summed E-state index contributed by atoms with van der Waals surface area (Å²) in [5.41, 5.74) is 4.93. The van der Waals surface area contributed by atoms with E-state index in [1.165, 1.54) is 0 Å². The van der Waals surface area contributed by atoms with Gasteiger partial charge in [0.1, 0.15) is 5.54 Å². The van der Waals surface area contributed by atoms with Gasteiger partial charge in [-0.1, -0.05) is 13.8 Å². The van der Waals surface area contributed by atoms with E-state index in [2.05, 4.69) is 10.6 Å². The highest BCUT2D eigenvalue weighted by Gasteiger charge is 2.70. The van der Waals surface area contributed by atoms with Crippen molar-refractivity contribution in [2.24, 2.45) is 17.1 Å². The zero-order valence-electron chi connectivity index (χ0n) is 15.0. The molecule has 6 nitrogen and oxygen atoms in total. The lowest BCUT2D eigenvalue weighted by atomic mass is 9.46. The fourth-order valence-corrected chi connectivity index (χ4v) is 3.95. The second-order valence-corrected chi connectivity index (χ2v) is 8.43. The van der Waals surface area contributed by atoms with Gasteiger partial charge in [-0.2, -0.15) is 0 Å². The Morgan fingerprint density at radius 1 is 1.30 bits per heavy atom. The number of nitrogens with two attached hydrogens (primary N) is 1. The first-order chi connectivity index (χ1) is 10.5. The zero-order valence-corrected chi connectivity index (χ0v) is 15.0. The third-order valence-electron chi connectivity index (χ3n) is 5.21. The van der Waals surface area contributed by atoms with Crippen LogP contribution >= 0.6 is 0 Å². The number of rotatable bonds is 4. The first-order valence-corrected chi connectivity index (χ1v) is 8.50. The summed E-state index contributed by atoms with van der Waals surface area (Å²) in [5, 5.41) is 5.73. The van der Waals surface area contributed by atoms with E-state index in [9.17, 15) is 9.59 Å². The molecule has 2 fully saturated rings. The van der Waals surface area contributed by atoms with Crippen LogP contribution in [0.25, 0.3) is 0 Å². The van der Waals surface area contributed by atoms with Crippen LogP contribution in [-0.4, -0.2) is 42.1 Å². The van der Waals surface area contributed by atoms with Gasteiger partial charge in [-0.15, -0.1) is 0 Å². The van der Waals surface area contributed by atoms with Crippen molar-refractivity contribution in [3.8, 4) is 0 Å². The van der Waals surface area contributed by atoms with Crippen LogP contribution < -0.4 is 16.4 Å². The zero-order chi connectivity index (χ0) is 17.5. The van der Waals surface area contributed by atoms with Crippen LogP contribution in [0.5, 0.6) is 0 Å². The van der Waals surface area contributed by atoms with E-state index in [0.29, 0.717) is 6.54 Å². The molecule has 132 valence electrons. The fourth-order valence-electron chi connectivity index (χ4n) is 3.95. The van der Waals surface area contributed by atoms with E-state index in [1.807, 2.05) is 34.6 Å². The molecule has 0 aromatic carbocycles. The van der Waals surface area contributed by atoms with Crippen molar-refractivity contribution in [3.63, 3.8) is 0 Å². The molecule has 2 amide bonds. The van der Waals surface area contributed by atoms with E-state index in [4.69, 9.17) is 10.5 Å². The van der Waals surface area contributed by atoms with E-state index < -0.39 is 11.0 Å². The molecule has 1 saturated heterocycles. The number of carbonyl (C=O) groups excluding carboxylic acids is 2. The normalized spacial score (nSPS) is 32.4. The summed E-state index contributed by atoms with van der Waals surface area (Å²) in [6.07, 6.45) is 2.17. The highest BCUT2D eigenvalue weighted by molar-refractivity contribution is 5.90. The molecule has 0 radical (unpaired) electrons. The first kappa shape index (κ1) is 18.2. The standard InChI is InChI=1S/C17H31N3O3/c1-15(2,3)20-12(21)8-9-19-14(22)17(18)11-7-6-10-23-13(11)16(17,4)5/h11,13H,6-10,18H2,1-5H3,(H,19,22)(H,20,21). The molecule has 4 N–H and O–H groups in total. The van der Waals surface area contributed by atoms with Crippen molar-refractivity contribution in [2.75, 3.05) is 13.2 Å². The van der Waals surface area contributed by atoms with E-state index >= 15 is 0 Å². The number of nitrogens with one attached hydrogen (secondary N) is 2. The van der Waals surface area contributed by atoms with Crippen LogP contribution in [-0.2, 0) is 14.3 Å². The van der Waals surface area contributed by atoms with Gasteiger partial charge in [0.05, 0.1) is 6.10 Å². The number of carbonyl (C=O) groups is 2. The quantitative estimate of drug-likeness (QED) is 0.717. The van der Waals surface area contributed by atoms with Gasteiger partial charge in [0.25, 0.3) is 0 Å². The van der Waals surface area contributed by atoms with Gasteiger partial charge >= 0.3 is 0 Å². The summed E-state index contributed by atoms with van der Waals surface area (Å²) < 4.78 is 5.81. The van der Waals surface area contributed by atoms with E-state index in [0.717, 1.165) is 19.4 Å². The average molecular weight is 325 g/mol. The second kappa shape index (κ2) is 6.06. The molecule has 1 heterocycles. The molecule has 0 bridgehead atoms. The summed E-state index contributed by atoms with van der Waals surface area (Å²) in [6.45, 7) is 10.8. The number of ether oxygens (including phenoxy) is 1. The number of hydrogen-bond acceptors (Lipinski definition) is 4. The molecular weight excluding hydrogens is 294 g/mol. The van der Waals surface area contributed by atoms with Gasteiger partial charge in [-0.25, -0.2) is 0 Å². The van der Waals surface area contributed by atoms with Gasteiger partial charge in [0.15, 0.2) is 0 Å². The number of fused-ring (bicyclic) bond motifs is 1. The van der Waals surface area contributed by atoms with Crippen LogP contribution in [0.15, 0.2) is 0 Å². The number of amides is 2. The molecule has 2 aliphatic rings. The molecule has 1 aliphatic heterocycles. The molecule has 0 aromatic rings. The summed E-state index contributed by atoms with van der Waals surface area (Å²) in [7, 11) is 0. The second-order valence-electron chi connectivity index (χ2n) is 8.43. The van der Waals surface area contributed by atoms with Crippen LogP contribution in [0.3, 0.4) is 0 Å². The van der Waals surface area contributed by atoms with Crippen LogP contribution in [0.4, 0.5) is 0 Å². The Morgan fingerprint density at radius 2 is 1.96 bits per heavy atom. The highest BCUT2D eigenvalue weighted by Crippen LogP contribution is 2.57. The van der Waals surface area contributed by atoms with Crippen LogP contribution in [0.1, 0.15) is 53.9 Å². The van der Waals surface area contributed by atoms with Gasteiger partial charge < -0.3 is 21.1 Å². The predicted molar refractivity (Wildman–Crippen MR) is 88.7 cm³/mol. The van der Waals surface area contributed by atoms with Gasteiger partial charge in [0.2, 0.25) is 11.8 Å². The van der Waals surface area contributed by atoms with E-state index in [-0.39, 0.29) is 35.8 Å². The first-order valence-electron chi connectivity index (χ1n) is 8.50. The van der Waals surface area contributed by atoms with Crippen molar-refractivity contribution < 1.29 is 14.3 Å². The monoisotopic (exact) mass is 325 g/mol. The molecule has 6 heteroatoms. The molecule has 0 spiro atoms. The Balaban J connectivity index is 1.89. The third-order valence-corrected chi connectivity index (χ3v) is 5.21. The summed E-state index contributed by atoms with van der Waals surface area (Å²) >= 11 is 0. The Bertz CT molecular complexity index is 484. The topological polar surface area (TPSA) is 93.5 Å². The molecule has 3 atom stereocenters. The lowest BCUT2D eigenvalue weighted by molar-refractivity contribution is -0.225. The lowest BCUT2D eigenvalue weighted by Gasteiger charge is -2.65. The van der Waals surface area contributed by atoms with Crippen LogP contribution in [0, 0.1) is 11.3 Å². The maximum absolute atomic E-state index is 12.7. The minimum Gasteiger partial charge on any atom is -0.377 e. The van der Waals surface area contributed by atoms with Crippen molar-refractivity contribution in [1.29, 1.82) is 0 Å². The molecular formula is C17H31N3O3. The largest absolute Gasteiger partial charge is 0.377 e. The number of hydrogen-bond donors (Lipinski definition) is 3. The van der Waals surface area contributed by atoms with Crippen molar-refractivity contribution in [3.05, 3.63) is 0 Å². The average Bonchev–Trinajstić information content (AvgIpc) is 2.44. The predicted octanol–water partition coefficient (Wildman–Crippen LogP) is 0.940. The summed E-state index contributed by atoms with van der Waals surface area (Å²) in [6, 6.07) is 0. The molecule has 2 rings (SSSR count). The minimum atomic E-state index is -0.918. The summed E-state index contributed by atoms with van der Waals surface area (Å²) in [4.78, 5) is 24.5. The van der Waals surface area contributed by atoms with E-state index in [1.54, 1.807) is 0 Å². The minimum absolute atomic E-state index is 0.0520. The summed E-state index contributed by atoms with van der Waals surface area (Å²) in [5.74, 6) is -0.178. The SMILES string of the molecule is CC(C)(C)NC(=O)CCNC(=O)C1(N)C2CCCOC2C1(C)C. The molecule has 3 unspecified atom stereocenters. The highest BCUT2D eigenvalue weighted by atomic mass is 16.5.